The lowest BCUT2D eigenvalue weighted by Gasteiger charge is -2.43. The summed E-state index contributed by atoms with van der Waals surface area (Å²) in [5.41, 5.74) is 17.4. The molecule has 2 bridgehead atoms. The molecule has 1 aromatic carbocycles. The Labute approximate surface area is 741 Å². The van der Waals surface area contributed by atoms with Gasteiger partial charge in [0, 0.05) is 129 Å². The zero-order chi connectivity index (χ0) is 90.7. The normalized spacial score (nSPS) is 27.2. The van der Waals surface area contributed by atoms with Crippen molar-refractivity contribution < 1.29 is 100 Å². The number of nitrogens with one attached hydrogen (secondary N) is 1. The first-order valence-electron chi connectivity index (χ1n) is 45.5. The van der Waals surface area contributed by atoms with Gasteiger partial charge >= 0.3 is 5.97 Å². The van der Waals surface area contributed by atoms with E-state index in [1.54, 1.807) is 34.1 Å². The second kappa shape index (κ2) is 52.3. The average Bonchev–Trinajstić information content (AvgIpc) is 1.73. The maximum Gasteiger partial charge on any atom is 0.329 e. The van der Waals surface area contributed by atoms with E-state index in [0.717, 1.165) is 48.9 Å². The summed E-state index contributed by atoms with van der Waals surface area (Å²) in [4.78, 5) is 110. The number of ketones is 4. The van der Waals surface area contributed by atoms with Crippen molar-refractivity contribution in [2.24, 2.45) is 35.5 Å². The topological polar surface area (TPSA) is 429 Å². The zero-order valence-electron chi connectivity index (χ0n) is 76.0. The number of aliphatic hydroxyl groups is 2. The minimum absolute atomic E-state index is 0.0121. The van der Waals surface area contributed by atoms with E-state index in [0.29, 0.717) is 228 Å². The highest BCUT2D eigenvalue weighted by atomic mass is 16.6. The summed E-state index contributed by atoms with van der Waals surface area (Å²) in [6, 6.07) is 4.34. The van der Waals surface area contributed by atoms with Crippen LogP contribution in [0.25, 0.3) is 33.4 Å². The smallest absolute Gasteiger partial charge is 0.329 e. The number of unbranched alkanes of at least 4 members (excludes halogenated alkanes) is 2. The van der Waals surface area contributed by atoms with Crippen LogP contribution in [0.4, 0.5) is 11.8 Å². The number of allylic oxidation sites excluding steroid dienone is 5. The van der Waals surface area contributed by atoms with E-state index < -0.39 is 77.9 Å². The highest BCUT2D eigenvalue weighted by Crippen LogP contribution is 2.41. The Hall–Kier alpha value is -8.45. The third-order valence-electron chi connectivity index (χ3n) is 24.8. The molecule has 7 heterocycles. The van der Waals surface area contributed by atoms with E-state index in [1.165, 1.54) is 18.3 Å². The molecule has 126 heavy (non-hydrogen) atoms. The van der Waals surface area contributed by atoms with Gasteiger partial charge in [0.05, 0.1) is 101 Å². The van der Waals surface area contributed by atoms with Crippen molar-refractivity contribution in [1.29, 1.82) is 0 Å². The SMILES string of the molecule is CCO[C@@H]1C[C@@H]([C@H](C)C[C@@H]2CC[C@H](n3cc(CCCC(=O)NCCOCCOCCOCCC(=O)CCCOCCOCCC(=O)CCCCCn4nc(-c5ccc6oc(N)nc6c5)c5c(N)ncnc54)nn3)[C@H](OC)C2)OC(=O)[C@@H]2CCCCN2C(=O)C(=O)[C@]2(O)O[C@@H](CC[C@H]2C)C[C@H](OC)/C(C)=C/C=C/C=C/[C@@H](C)C[C@@H](C)C(=O)[C@H](OC)[C@H](O)/C(C)=C/[C@H]1C. The van der Waals surface area contributed by atoms with Gasteiger partial charge < -0.3 is 88.4 Å². The number of methoxy groups -OCH3 is 3. The standard InChI is InChI=1S/C93H140N12O21/c1-12-123-78-57-79(124-91(113)75-28-18-20-39-103(75)90(112)87(111)93(114)66(8)30-33-72(126-93)56-77(115-9)61(3)24-16-13-15-23-60(2)51-64(6)84(109)86(117-11)85(110)65(7)52-62(78)4)63(5)53-67-31-34-74(80(54-67)116-10)105-58-69(100-102-105)25-21-29-81(108)96-38-44-121-48-50-122-49-47-120-43-37-71(107)27-22-41-118-45-46-119-42-36-70(106)26-17-14-19-40-104-89-82(88(94)97-59-98-89)83(101-104)68-32-35-76-73(55-68)99-92(95)125-76/h13,15-16,23-24,32,35,52,55,58-60,62-64,66-67,72,74-75,77-80,85-86,110,114H,12,14,17-22,25-31,33-34,36-51,53-54,56-57H2,1-11H3,(H2,95,99)(H,96,108)(H2,94,97,98)/b16-13+,23-15+,61-24+,65-52+/t60-,62-,63-,64-,66-,67+,72+,74+,75+,77+,78-,79+,80-,85-,86+,93-/m1/s1. The molecule has 16 atom stereocenters. The Morgan fingerprint density at radius 2 is 1.46 bits per heavy atom. The van der Waals surface area contributed by atoms with E-state index in [4.69, 9.17) is 73.1 Å². The summed E-state index contributed by atoms with van der Waals surface area (Å²) in [6.07, 6.45) is 21.9. The molecule has 0 unspecified atom stereocenters. The highest BCUT2D eigenvalue weighted by Gasteiger charge is 2.53. The molecule has 2 saturated heterocycles. The van der Waals surface area contributed by atoms with Crippen LogP contribution < -0.4 is 16.8 Å². The van der Waals surface area contributed by atoms with Gasteiger partial charge in [-0.3, -0.25) is 28.8 Å². The number of ether oxygens (including phenoxy) is 11. The largest absolute Gasteiger partial charge is 0.460 e. The average molecular weight is 1760 g/mol. The second-order valence-corrected chi connectivity index (χ2v) is 34.4. The molecule has 4 aliphatic rings. The molecule has 3 fully saturated rings. The number of rotatable bonds is 42. The lowest BCUT2D eigenvalue weighted by atomic mass is 9.77. The number of carbonyl (C=O) groups is 7. The number of amides is 2. The number of anilines is 2. The number of hydrogen-bond donors (Lipinski definition) is 5. The van der Waals surface area contributed by atoms with Gasteiger partial charge in [-0.25, -0.2) is 24.1 Å². The number of Topliss-reactive ketones (excluding diaryl/α,β-unsaturated/α-hetero) is 4. The fourth-order valence-electron chi connectivity index (χ4n) is 17.5. The fourth-order valence-corrected chi connectivity index (χ4v) is 17.5. The summed E-state index contributed by atoms with van der Waals surface area (Å²) in [5.74, 6) is -6.66. The Morgan fingerprint density at radius 1 is 0.738 bits per heavy atom. The third kappa shape index (κ3) is 30.3. The molecule has 2 amide bonds. The van der Waals surface area contributed by atoms with E-state index in [-0.39, 0.29) is 84.5 Å². The number of benzene rings is 1. The molecule has 4 aromatic heterocycles. The predicted octanol–water partition coefficient (Wildman–Crippen LogP) is 11.1. The maximum atomic E-state index is 15.0. The van der Waals surface area contributed by atoms with Crippen LogP contribution in [0.15, 0.2) is 82.7 Å². The summed E-state index contributed by atoms with van der Waals surface area (Å²) in [7, 11) is 4.71. The lowest BCUT2D eigenvalue weighted by Crippen LogP contribution is -2.61. The van der Waals surface area contributed by atoms with Crippen LogP contribution in [0.5, 0.6) is 0 Å². The number of aryl methyl sites for hydroxylation is 2. The van der Waals surface area contributed by atoms with E-state index in [2.05, 4.69) is 37.5 Å². The van der Waals surface area contributed by atoms with Gasteiger partial charge in [0.2, 0.25) is 11.7 Å². The fraction of sp³-hybridized carbons (Fsp3) is 0.688. The van der Waals surface area contributed by atoms with Crippen molar-refractivity contribution in [3.05, 3.63) is 84.0 Å². The van der Waals surface area contributed by atoms with Crippen molar-refractivity contribution in [3.8, 4) is 11.3 Å². The monoisotopic (exact) mass is 1760 g/mol. The van der Waals surface area contributed by atoms with Gasteiger partial charge in [0.25, 0.3) is 17.7 Å². The number of oxazole rings is 1. The first-order chi connectivity index (χ1) is 60.7. The molecule has 0 radical (unpaired) electrons. The number of carbonyl (C=O) groups excluding carboxylic acids is 7. The summed E-state index contributed by atoms with van der Waals surface area (Å²) in [5, 5.41) is 41.6. The number of piperidine rings is 1. The van der Waals surface area contributed by atoms with Crippen LogP contribution in [-0.4, -0.2) is 257 Å². The summed E-state index contributed by atoms with van der Waals surface area (Å²) in [6.45, 7) is 20.0. The number of esters is 1. The van der Waals surface area contributed by atoms with E-state index in [9.17, 15) is 39.0 Å². The van der Waals surface area contributed by atoms with Crippen LogP contribution in [0.1, 0.15) is 208 Å². The summed E-state index contributed by atoms with van der Waals surface area (Å²) >= 11 is 0. The zero-order valence-corrected chi connectivity index (χ0v) is 76.0. The molecular weight excluding hydrogens is 1620 g/mol. The van der Waals surface area contributed by atoms with E-state index in [1.807, 2.05) is 98.8 Å². The number of nitrogens with two attached hydrogens (primary N) is 2. The molecule has 0 spiro atoms. The Morgan fingerprint density at radius 3 is 2.18 bits per heavy atom. The molecule has 33 nitrogen and oxygen atoms in total. The number of nitrogen functional groups attached to an aromatic ring is 2. The van der Waals surface area contributed by atoms with Crippen molar-refractivity contribution in [3.63, 3.8) is 0 Å². The maximum absolute atomic E-state index is 15.0. The van der Waals surface area contributed by atoms with E-state index >= 15 is 4.79 Å². The van der Waals surface area contributed by atoms with Crippen molar-refractivity contribution in [2.75, 3.05) is 119 Å². The third-order valence-corrected chi connectivity index (χ3v) is 24.8. The quantitative estimate of drug-likeness (QED) is 0.0105. The van der Waals surface area contributed by atoms with Gasteiger partial charge in [-0.1, -0.05) is 82.7 Å². The highest BCUT2D eigenvalue weighted by molar-refractivity contribution is 6.39. The van der Waals surface area contributed by atoms with Crippen LogP contribution in [0.2, 0.25) is 0 Å². The van der Waals surface area contributed by atoms with Gasteiger partial charge in [-0.05, 0) is 164 Å². The van der Waals surface area contributed by atoms with Crippen LogP contribution >= 0.6 is 0 Å². The molecule has 698 valence electrons. The molecule has 1 aliphatic carbocycles. The minimum Gasteiger partial charge on any atom is -0.460 e. The predicted molar refractivity (Wildman–Crippen MR) is 473 cm³/mol. The van der Waals surface area contributed by atoms with Crippen LogP contribution in [-0.2, 0) is 98.6 Å². The lowest BCUT2D eigenvalue weighted by molar-refractivity contribution is -0.265. The molecule has 9 rings (SSSR count). The second-order valence-electron chi connectivity index (χ2n) is 34.4. The Balaban J connectivity index is 0.638. The van der Waals surface area contributed by atoms with Crippen molar-refractivity contribution in [2.45, 2.75) is 270 Å². The van der Waals surface area contributed by atoms with Crippen molar-refractivity contribution >= 4 is 74.9 Å². The number of fused-ring (bicyclic) bond motifs is 5. The van der Waals surface area contributed by atoms with Crippen molar-refractivity contribution in [1.82, 2.24) is 49.9 Å². The van der Waals surface area contributed by atoms with Crippen LogP contribution in [0, 0.1) is 35.5 Å². The Kier molecular flexibility index (Phi) is 42.0. The summed E-state index contributed by atoms with van der Waals surface area (Å²) < 4.78 is 74.6. The first-order valence-corrected chi connectivity index (χ1v) is 45.5. The van der Waals surface area contributed by atoms with Gasteiger partial charge in [-0.15, -0.1) is 5.10 Å². The first kappa shape index (κ1) is 101. The molecule has 5 aromatic rings. The number of aromatic nitrogens is 8. The van der Waals surface area contributed by atoms with Gasteiger partial charge in [-0.2, -0.15) is 10.1 Å². The molecule has 33 heteroatoms. The number of cyclic esters (lactones) is 1. The van der Waals surface area contributed by atoms with Gasteiger partial charge in [0.1, 0.15) is 59.3 Å². The number of nitrogens with zero attached hydrogens (tertiary/aromatic N) is 9. The van der Waals surface area contributed by atoms with Crippen LogP contribution in [0.3, 0.4) is 0 Å². The van der Waals surface area contributed by atoms with Gasteiger partial charge in [0.15, 0.2) is 17.0 Å². The Bertz CT molecular complexity index is 4390. The number of hydrogen-bond acceptors (Lipinski definition) is 29. The molecule has 3 aliphatic heterocycles. The molecular formula is C93H140N12O21. The number of aliphatic hydroxyl groups excluding tert-OH is 1. The molecule has 1 saturated carbocycles. The molecule has 7 N–H and O–H groups in total. The minimum atomic E-state index is -2.45.